The van der Waals surface area contributed by atoms with Crippen molar-refractivity contribution in [2.45, 2.75) is 6.18 Å². The molecule has 4 nitrogen and oxygen atoms in total. The molecule has 2 aromatic heterocycles. The van der Waals surface area contributed by atoms with Gasteiger partial charge in [-0.05, 0) is 17.5 Å². The van der Waals surface area contributed by atoms with E-state index in [0.717, 1.165) is 10.4 Å². The first kappa shape index (κ1) is 18.9. The van der Waals surface area contributed by atoms with Gasteiger partial charge in [-0.2, -0.15) is 13.2 Å². The predicted octanol–water partition coefficient (Wildman–Crippen LogP) is 6.24. The second-order valence-electron chi connectivity index (χ2n) is 6.04. The zero-order chi connectivity index (χ0) is 20.4. The van der Waals surface area contributed by atoms with E-state index in [-0.39, 0.29) is 17.5 Å². The second kappa shape index (κ2) is 7.56. The average Bonchev–Trinajstić information content (AvgIpc) is 3.38. The van der Waals surface area contributed by atoms with E-state index in [0.29, 0.717) is 11.1 Å². The number of hydrogen-bond donors (Lipinski definition) is 1. The third-order valence-electron chi connectivity index (χ3n) is 4.10. The molecule has 0 atom stereocenters. The Balaban J connectivity index is 1.84. The lowest BCUT2D eigenvalue weighted by molar-refractivity contribution is -0.167. The third-order valence-corrected chi connectivity index (χ3v) is 5.01. The molecule has 0 saturated heterocycles. The van der Waals surface area contributed by atoms with Gasteiger partial charge in [-0.1, -0.05) is 54.6 Å². The van der Waals surface area contributed by atoms with Crippen molar-refractivity contribution in [1.82, 2.24) is 4.98 Å². The van der Waals surface area contributed by atoms with Gasteiger partial charge in [0, 0.05) is 21.6 Å². The molecule has 8 heteroatoms. The molecular weight excluding hydrogens is 401 g/mol. The summed E-state index contributed by atoms with van der Waals surface area (Å²) in [6.07, 6.45) is -5.05. The number of halogens is 3. The fraction of sp³-hybridized carbons (Fsp3) is 0.0476. The molecule has 29 heavy (non-hydrogen) atoms. The van der Waals surface area contributed by atoms with Gasteiger partial charge in [0.2, 0.25) is 11.8 Å². The number of carbonyl (C=O) groups is 1. The van der Waals surface area contributed by atoms with Gasteiger partial charge in [-0.3, -0.25) is 10.1 Å². The van der Waals surface area contributed by atoms with Gasteiger partial charge >= 0.3 is 12.1 Å². The number of oxazole rings is 1. The van der Waals surface area contributed by atoms with E-state index in [1.54, 1.807) is 47.8 Å². The monoisotopic (exact) mass is 414 g/mol. The number of anilines is 1. The van der Waals surface area contributed by atoms with Crippen LogP contribution in [0.15, 0.2) is 76.5 Å². The quantitative estimate of drug-likeness (QED) is 0.430. The zero-order valence-corrected chi connectivity index (χ0v) is 15.6. The number of hydrogen-bond acceptors (Lipinski definition) is 4. The highest BCUT2D eigenvalue weighted by Gasteiger charge is 2.40. The molecule has 0 spiro atoms. The predicted molar refractivity (Wildman–Crippen MR) is 105 cm³/mol. The molecule has 0 fully saturated rings. The van der Waals surface area contributed by atoms with Crippen molar-refractivity contribution in [3.63, 3.8) is 0 Å². The highest BCUT2D eigenvalue weighted by Crippen LogP contribution is 2.38. The Morgan fingerprint density at radius 1 is 0.931 bits per heavy atom. The van der Waals surface area contributed by atoms with Gasteiger partial charge in [-0.15, -0.1) is 11.3 Å². The van der Waals surface area contributed by atoms with Gasteiger partial charge in [0.25, 0.3) is 0 Å². The number of rotatable bonds is 4. The minimum atomic E-state index is -5.05. The van der Waals surface area contributed by atoms with Gasteiger partial charge in [-0.25, -0.2) is 4.98 Å². The molecule has 1 amide bonds. The molecule has 4 aromatic rings. The largest absolute Gasteiger partial charge is 0.471 e. The molecule has 2 aromatic carbocycles. The summed E-state index contributed by atoms with van der Waals surface area (Å²) in [5.41, 5.74) is 2.09. The molecule has 0 aliphatic carbocycles. The highest BCUT2D eigenvalue weighted by atomic mass is 32.1. The van der Waals surface area contributed by atoms with E-state index >= 15 is 0 Å². The summed E-state index contributed by atoms with van der Waals surface area (Å²) < 4.78 is 43.9. The highest BCUT2D eigenvalue weighted by molar-refractivity contribution is 7.13. The fourth-order valence-corrected chi connectivity index (χ4v) is 3.57. The Hall–Kier alpha value is -3.39. The molecule has 0 aliphatic rings. The van der Waals surface area contributed by atoms with Crippen LogP contribution in [0.25, 0.3) is 33.2 Å². The number of nitrogens with zero attached hydrogens (tertiary/aromatic N) is 1. The average molecular weight is 414 g/mol. The molecule has 0 bridgehead atoms. The summed E-state index contributed by atoms with van der Waals surface area (Å²) in [5.74, 6) is -2.36. The summed E-state index contributed by atoms with van der Waals surface area (Å²) in [4.78, 5) is 16.9. The Bertz CT molecular complexity index is 1140. The van der Waals surface area contributed by atoms with Crippen LogP contribution in [0.5, 0.6) is 0 Å². The summed E-state index contributed by atoms with van der Waals surface area (Å²) in [6.45, 7) is 0. The minimum Gasteiger partial charge on any atom is -0.420 e. The van der Waals surface area contributed by atoms with Gasteiger partial charge in [0.1, 0.15) is 5.69 Å². The van der Waals surface area contributed by atoms with Crippen molar-refractivity contribution in [2.24, 2.45) is 0 Å². The number of amides is 1. The summed E-state index contributed by atoms with van der Waals surface area (Å²) in [5, 5.41) is 3.73. The van der Waals surface area contributed by atoms with Crippen LogP contribution in [0, 0.1) is 0 Å². The number of benzene rings is 2. The standard InChI is InChI=1S/C21H13F3N2O2S/c22-21(23,24)20(27)26-19-17(13-7-2-1-3-8-13)25-18(28-19)15-10-5-4-9-14(15)16-11-6-12-29-16/h1-12H,(H,26,27). The molecule has 0 aliphatic heterocycles. The molecule has 2 heterocycles. The lowest BCUT2D eigenvalue weighted by Crippen LogP contribution is -2.29. The van der Waals surface area contributed by atoms with Crippen molar-refractivity contribution in [2.75, 3.05) is 5.32 Å². The maximum Gasteiger partial charge on any atom is 0.471 e. The number of nitrogens with one attached hydrogen (secondary N) is 1. The normalized spacial score (nSPS) is 11.4. The van der Waals surface area contributed by atoms with Crippen LogP contribution in [-0.4, -0.2) is 17.1 Å². The molecular formula is C21H13F3N2O2S. The van der Waals surface area contributed by atoms with Crippen molar-refractivity contribution < 1.29 is 22.4 Å². The number of aromatic nitrogens is 1. The van der Waals surface area contributed by atoms with Crippen molar-refractivity contribution >= 4 is 23.1 Å². The van der Waals surface area contributed by atoms with E-state index in [1.807, 2.05) is 29.6 Å². The zero-order valence-electron chi connectivity index (χ0n) is 14.7. The SMILES string of the molecule is O=C(Nc1oc(-c2ccccc2-c2cccs2)nc1-c1ccccc1)C(F)(F)F. The van der Waals surface area contributed by atoms with Crippen LogP contribution in [0.3, 0.4) is 0 Å². The smallest absolute Gasteiger partial charge is 0.420 e. The van der Waals surface area contributed by atoms with Crippen LogP contribution in [0.1, 0.15) is 0 Å². The van der Waals surface area contributed by atoms with Crippen molar-refractivity contribution in [3.8, 4) is 33.2 Å². The first-order valence-corrected chi connectivity index (χ1v) is 9.39. The lowest BCUT2D eigenvalue weighted by atomic mass is 10.1. The van der Waals surface area contributed by atoms with E-state index in [2.05, 4.69) is 4.98 Å². The Morgan fingerprint density at radius 2 is 1.62 bits per heavy atom. The minimum absolute atomic E-state index is 0.116. The summed E-state index contributed by atoms with van der Waals surface area (Å²) in [7, 11) is 0. The molecule has 146 valence electrons. The number of alkyl halides is 3. The lowest BCUT2D eigenvalue weighted by Gasteiger charge is -2.06. The maximum absolute atomic E-state index is 12.8. The number of carbonyl (C=O) groups excluding carboxylic acids is 1. The maximum atomic E-state index is 12.8. The van der Waals surface area contributed by atoms with Crippen molar-refractivity contribution in [1.29, 1.82) is 0 Å². The van der Waals surface area contributed by atoms with Crippen LogP contribution < -0.4 is 5.32 Å². The van der Waals surface area contributed by atoms with Crippen molar-refractivity contribution in [3.05, 3.63) is 72.1 Å². The Morgan fingerprint density at radius 3 is 2.28 bits per heavy atom. The molecule has 0 unspecified atom stereocenters. The molecule has 0 radical (unpaired) electrons. The van der Waals surface area contributed by atoms with E-state index in [4.69, 9.17) is 4.42 Å². The third kappa shape index (κ3) is 3.93. The van der Waals surface area contributed by atoms with Gasteiger partial charge in [0.05, 0.1) is 0 Å². The van der Waals surface area contributed by atoms with Crippen LogP contribution in [0.2, 0.25) is 0 Å². The number of thiophene rings is 1. The first-order chi connectivity index (χ1) is 13.9. The summed E-state index contributed by atoms with van der Waals surface area (Å²) in [6, 6.07) is 19.7. The van der Waals surface area contributed by atoms with Crippen LogP contribution in [0.4, 0.5) is 19.1 Å². The topological polar surface area (TPSA) is 55.1 Å². The van der Waals surface area contributed by atoms with E-state index in [1.165, 1.54) is 11.3 Å². The van der Waals surface area contributed by atoms with E-state index in [9.17, 15) is 18.0 Å². The van der Waals surface area contributed by atoms with E-state index < -0.39 is 12.1 Å². The summed E-state index contributed by atoms with van der Waals surface area (Å²) >= 11 is 1.52. The second-order valence-corrected chi connectivity index (χ2v) is 6.99. The van der Waals surface area contributed by atoms with Crippen LogP contribution >= 0.6 is 11.3 Å². The van der Waals surface area contributed by atoms with Gasteiger partial charge in [0.15, 0.2) is 0 Å². The molecule has 4 rings (SSSR count). The molecule has 0 saturated carbocycles. The Kier molecular flexibility index (Phi) is 4.94. The first-order valence-electron chi connectivity index (χ1n) is 8.51. The fourth-order valence-electron chi connectivity index (χ4n) is 2.80. The Labute approximate surface area is 167 Å². The van der Waals surface area contributed by atoms with Crippen LogP contribution in [-0.2, 0) is 4.79 Å². The van der Waals surface area contributed by atoms with Gasteiger partial charge < -0.3 is 4.42 Å². The molecule has 1 N–H and O–H groups in total.